The first-order valence-electron chi connectivity index (χ1n) is 5.96. The molecule has 0 aromatic heterocycles. The number of nitrogens with zero attached hydrogens (tertiary/aromatic N) is 1. The van der Waals surface area contributed by atoms with Crippen LogP contribution in [0.15, 0.2) is 18.2 Å². The molecule has 0 saturated carbocycles. The van der Waals surface area contributed by atoms with E-state index in [9.17, 15) is 13.2 Å². The molecule has 0 N–H and O–H groups in total. The molecule has 2 nitrogen and oxygen atoms in total. The zero-order valence-electron chi connectivity index (χ0n) is 10.4. The van der Waals surface area contributed by atoms with Gasteiger partial charge in [-0.05, 0) is 24.2 Å². The number of likely N-dealkylation sites (N-methyl/N-ethyl adjacent to an activating group) is 1. The number of halogens is 4. The SMILES string of the molecule is CN1C[C@@H]2c3cccc(C(F)(F)F)c3CO[C@@H]2C1.Cl. The smallest absolute Gasteiger partial charge is 0.371 e. The summed E-state index contributed by atoms with van der Waals surface area (Å²) in [7, 11) is 1.97. The van der Waals surface area contributed by atoms with Crippen molar-refractivity contribution in [1.82, 2.24) is 4.90 Å². The van der Waals surface area contributed by atoms with Gasteiger partial charge in [-0.2, -0.15) is 13.2 Å². The third kappa shape index (κ3) is 2.47. The topological polar surface area (TPSA) is 12.5 Å². The van der Waals surface area contributed by atoms with Crippen LogP contribution >= 0.6 is 12.4 Å². The van der Waals surface area contributed by atoms with E-state index >= 15 is 0 Å². The van der Waals surface area contributed by atoms with Crippen LogP contribution in [0.5, 0.6) is 0 Å². The molecule has 2 aliphatic rings. The van der Waals surface area contributed by atoms with Crippen LogP contribution in [-0.4, -0.2) is 31.1 Å². The zero-order chi connectivity index (χ0) is 12.9. The van der Waals surface area contributed by atoms with Gasteiger partial charge in [0.05, 0.1) is 18.3 Å². The molecule has 1 aromatic rings. The summed E-state index contributed by atoms with van der Waals surface area (Å²) in [6.07, 6.45) is -4.27. The van der Waals surface area contributed by atoms with Crippen LogP contribution in [0.25, 0.3) is 0 Å². The molecule has 0 spiro atoms. The highest BCUT2D eigenvalue weighted by Crippen LogP contribution is 2.41. The molecule has 106 valence electrons. The van der Waals surface area contributed by atoms with Crippen molar-refractivity contribution in [2.24, 2.45) is 0 Å². The molecular weight excluding hydrogens is 279 g/mol. The van der Waals surface area contributed by atoms with Crippen LogP contribution in [0.3, 0.4) is 0 Å². The second-order valence-corrected chi connectivity index (χ2v) is 5.05. The normalized spacial score (nSPS) is 26.5. The molecule has 0 unspecified atom stereocenters. The van der Waals surface area contributed by atoms with E-state index < -0.39 is 11.7 Å². The standard InChI is InChI=1S/C13H14F3NO.ClH/c1-17-5-9-8-3-2-4-11(13(14,15)16)10(8)7-18-12(9)6-17;/h2-4,9,12H,5-7H2,1H3;1H/t9-,12-;/m1./s1. The second-order valence-electron chi connectivity index (χ2n) is 5.05. The Bertz CT molecular complexity index is 477. The van der Waals surface area contributed by atoms with E-state index in [1.54, 1.807) is 0 Å². The minimum absolute atomic E-state index is 0. The van der Waals surface area contributed by atoms with Crippen LogP contribution in [0.1, 0.15) is 22.6 Å². The van der Waals surface area contributed by atoms with E-state index in [1.807, 2.05) is 13.1 Å². The van der Waals surface area contributed by atoms with Crippen LogP contribution in [0, 0.1) is 0 Å². The molecule has 0 bridgehead atoms. The molecule has 2 aliphatic heterocycles. The van der Waals surface area contributed by atoms with Gasteiger partial charge in [-0.15, -0.1) is 12.4 Å². The lowest BCUT2D eigenvalue weighted by Gasteiger charge is -2.29. The molecule has 1 saturated heterocycles. The van der Waals surface area contributed by atoms with Gasteiger partial charge in [0, 0.05) is 19.0 Å². The summed E-state index contributed by atoms with van der Waals surface area (Å²) >= 11 is 0. The molecule has 6 heteroatoms. The number of hydrogen-bond donors (Lipinski definition) is 0. The van der Waals surface area contributed by atoms with Crippen molar-refractivity contribution >= 4 is 12.4 Å². The van der Waals surface area contributed by atoms with Crippen molar-refractivity contribution < 1.29 is 17.9 Å². The van der Waals surface area contributed by atoms with Crippen LogP contribution in [-0.2, 0) is 17.5 Å². The van der Waals surface area contributed by atoms with Crippen molar-refractivity contribution in [2.75, 3.05) is 20.1 Å². The summed E-state index contributed by atoms with van der Waals surface area (Å²) in [4.78, 5) is 2.10. The average molecular weight is 294 g/mol. The lowest BCUT2D eigenvalue weighted by Crippen LogP contribution is -2.28. The average Bonchev–Trinajstić information content (AvgIpc) is 2.67. The van der Waals surface area contributed by atoms with Gasteiger partial charge in [-0.25, -0.2) is 0 Å². The van der Waals surface area contributed by atoms with Crippen molar-refractivity contribution in [3.8, 4) is 0 Å². The lowest BCUT2D eigenvalue weighted by molar-refractivity contribution is -0.139. The Balaban J connectivity index is 0.00000133. The van der Waals surface area contributed by atoms with Gasteiger partial charge in [0.25, 0.3) is 0 Å². The highest BCUT2D eigenvalue weighted by atomic mass is 35.5. The number of ether oxygens (including phenoxy) is 1. The maximum Gasteiger partial charge on any atom is 0.416 e. The predicted octanol–water partition coefficient (Wildman–Crippen LogP) is 3.06. The number of rotatable bonds is 0. The van der Waals surface area contributed by atoms with Crippen molar-refractivity contribution in [3.63, 3.8) is 0 Å². The number of benzene rings is 1. The molecule has 3 rings (SSSR count). The van der Waals surface area contributed by atoms with Gasteiger partial charge in [-0.1, -0.05) is 12.1 Å². The summed E-state index contributed by atoms with van der Waals surface area (Å²) < 4.78 is 44.4. The summed E-state index contributed by atoms with van der Waals surface area (Å²) in [5.41, 5.74) is 0.583. The van der Waals surface area contributed by atoms with E-state index in [-0.39, 0.29) is 31.0 Å². The molecule has 1 aromatic carbocycles. The quantitative estimate of drug-likeness (QED) is 0.729. The minimum atomic E-state index is -4.30. The molecule has 19 heavy (non-hydrogen) atoms. The number of fused-ring (bicyclic) bond motifs is 3. The third-order valence-electron chi connectivity index (χ3n) is 3.81. The highest BCUT2D eigenvalue weighted by Gasteiger charge is 2.41. The second kappa shape index (κ2) is 4.96. The van der Waals surface area contributed by atoms with Gasteiger partial charge in [-0.3, -0.25) is 0 Å². The monoisotopic (exact) mass is 293 g/mol. The summed E-state index contributed by atoms with van der Waals surface area (Å²) in [5.74, 6) is 0.0704. The highest BCUT2D eigenvalue weighted by molar-refractivity contribution is 5.85. The summed E-state index contributed by atoms with van der Waals surface area (Å²) in [5, 5.41) is 0. The molecule has 0 radical (unpaired) electrons. The van der Waals surface area contributed by atoms with E-state index in [1.165, 1.54) is 6.07 Å². The number of hydrogen-bond acceptors (Lipinski definition) is 2. The van der Waals surface area contributed by atoms with Gasteiger partial charge >= 0.3 is 6.18 Å². The first-order chi connectivity index (χ1) is 8.47. The van der Waals surface area contributed by atoms with Crippen molar-refractivity contribution in [3.05, 3.63) is 34.9 Å². The molecule has 2 atom stereocenters. The zero-order valence-corrected chi connectivity index (χ0v) is 11.2. The Kier molecular flexibility index (Phi) is 3.82. The first-order valence-corrected chi connectivity index (χ1v) is 5.96. The Labute approximate surface area is 115 Å². The third-order valence-corrected chi connectivity index (χ3v) is 3.81. The number of alkyl halides is 3. The van der Waals surface area contributed by atoms with E-state index in [0.29, 0.717) is 5.56 Å². The lowest BCUT2D eigenvalue weighted by atomic mass is 9.87. The van der Waals surface area contributed by atoms with Gasteiger partial charge in [0.2, 0.25) is 0 Å². The van der Waals surface area contributed by atoms with Crippen molar-refractivity contribution in [1.29, 1.82) is 0 Å². The Morgan fingerprint density at radius 2 is 2.00 bits per heavy atom. The molecule has 1 fully saturated rings. The van der Waals surface area contributed by atoms with Gasteiger partial charge < -0.3 is 9.64 Å². The summed E-state index contributed by atoms with van der Waals surface area (Å²) in [6, 6.07) is 4.45. The van der Waals surface area contributed by atoms with Crippen LogP contribution < -0.4 is 0 Å². The molecular formula is C13H15ClF3NO. The van der Waals surface area contributed by atoms with E-state index in [0.717, 1.165) is 24.7 Å². The Hall–Kier alpha value is -0.780. The maximum atomic E-state index is 12.9. The van der Waals surface area contributed by atoms with Gasteiger partial charge in [0.1, 0.15) is 0 Å². The van der Waals surface area contributed by atoms with Crippen LogP contribution in [0.4, 0.5) is 13.2 Å². The molecule has 0 amide bonds. The fourth-order valence-corrected chi connectivity index (χ4v) is 3.00. The Morgan fingerprint density at radius 1 is 1.26 bits per heavy atom. The van der Waals surface area contributed by atoms with E-state index in [4.69, 9.17) is 4.74 Å². The fraction of sp³-hybridized carbons (Fsp3) is 0.538. The molecule has 2 heterocycles. The first kappa shape index (κ1) is 14.6. The van der Waals surface area contributed by atoms with Gasteiger partial charge in [0.15, 0.2) is 0 Å². The Morgan fingerprint density at radius 3 is 2.68 bits per heavy atom. The predicted molar refractivity (Wildman–Crippen MR) is 67.5 cm³/mol. The summed E-state index contributed by atoms with van der Waals surface area (Å²) in [6.45, 7) is 1.62. The molecule has 0 aliphatic carbocycles. The fourth-order valence-electron chi connectivity index (χ4n) is 3.00. The maximum absolute atomic E-state index is 12.9. The van der Waals surface area contributed by atoms with E-state index in [2.05, 4.69) is 4.90 Å². The van der Waals surface area contributed by atoms with Crippen LogP contribution in [0.2, 0.25) is 0 Å². The number of likely N-dealkylation sites (tertiary alicyclic amines) is 1. The minimum Gasteiger partial charge on any atom is -0.371 e. The largest absolute Gasteiger partial charge is 0.416 e. The van der Waals surface area contributed by atoms with Crippen molar-refractivity contribution in [2.45, 2.75) is 24.8 Å².